The lowest BCUT2D eigenvalue weighted by atomic mass is 10.2. The highest BCUT2D eigenvalue weighted by Gasteiger charge is 2.27. The lowest BCUT2D eigenvalue weighted by Crippen LogP contribution is -2.37. The molecule has 0 atom stereocenters. The van der Waals surface area contributed by atoms with Gasteiger partial charge < -0.3 is 10.6 Å². The fourth-order valence-corrected chi connectivity index (χ4v) is 6.02. The molecule has 0 spiro atoms. The Morgan fingerprint density at radius 1 is 1.16 bits per heavy atom. The molecule has 0 amide bonds. The third-order valence-electron chi connectivity index (χ3n) is 5.14. The van der Waals surface area contributed by atoms with Crippen LogP contribution in [0.3, 0.4) is 0 Å². The number of piperidine rings is 1. The van der Waals surface area contributed by atoms with Crippen molar-refractivity contribution in [3.05, 3.63) is 45.4 Å². The summed E-state index contributed by atoms with van der Waals surface area (Å²) in [6.07, 6.45) is 2.93. The highest BCUT2D eigenvalue weighted by molar-refractivity contribution is 14.0. The largest absolute Gasteiger partial charge is 0.357 e. The minimum Gasteiger partial charge on any atom is -0.357 e. The number of halogens is 1. The topological polar surface area (TPSA) is 86.7 Å². The normalized spacial score (nSPS) is 15.4. The van der Waals surface area contributed by atoms with E-state index in [2.05, 4.69) is 27.5 Å². The van der Waals surface area contributed by atoms with Crippen molar-refractivity contribution in [2.45, 2.75) is 58.0 Å². The summed E-state index contributed by atoms with van der Waals surface area (Å²) in [5.41, 5.74) is 1.76. The SMILES string of the molecule is CCNC(=NCc1ccccc1S(=O)(=O)N1CCCCC1)NCc1nc(C)c(C)s1.I. The van der Waals surface area contributed by atoms with Crippen molar-refractivity contribution in [3.8, 4) is 0 Å². The summed E-state index contributed by atoms with van der Waals surface area (Å²) in [5, 5.41) is 7.52. The van der Waals surface area contributed by atoms with Crippen LogP contribution in [0.4, 0.5) is 0 Å². The van der Waals surface area contributed by atoms with Crippen LogP contribution in [-0.2, 0) is 23.1 Å². The van der Waals surface area contributed by atoms with Crippen LogP contribution in [-0.4, -0.2) is 43.3 Å². The van der Waals surface area contributed by atoms with E-state index >= 15 is 0 Å². The molecule has 1 aliphatic rings. The molecule has 10 heteroatoms. The molecule has 2 heterocycles. The summed E-state index contributed by atoms with van der Waals surface area (Å²) in [5.74, 6) is 0.646. The van der Waals surface area contributed by atoms with Gasteiger partial charge in [-0.25, -0.2) is 18.4 Å². The molecular formula is C21H32IN5O2S2. The van der Waals surface area contributed by atoms with E-state index in [1.807, 2.05) is 26.0 Å². The molecule has 0 saturated carbocycles. The van der Waals surface area contributed by atoms with Gasteiger partial charge in [-0.2, -0.15) is 4.31 Å². The Hall–Kier alpha value is -1.24. The van der Waals surface area contributed by atoms with E-state index in [0.717, 1.165) is 36.5 Å². The van der Waals surface area contributed by atoms with Crippen molar-refractivity contribution in [3.63, 3.8) is 0 Å². The van der Waals surface area contributed by atoms with Crippen molar-refractivity contribution in [2.75, 3.05) is 19.6 Å². The Balaban J connectivity index is 0.00000341. The van der Waals surface area contributed by atoms with Crippen LogP contribution in [0.25, 0.3) is 0 Å². The van der Waals surface area contributed by atoms with E-state index in [0.29, 0.717) is 36.1 Å². The monoisotopic (exact) mass is 577 g/mol. The molecule has 1 aromatic carbocycles. The second-order valence-electron chi connectivity index (χ2n) is 7.37. The Morgan fingerprint density at radius 3 is 2.52 bits per heavy atom. The number of hydrogen-bond acceptors (Lipinski definition) is 5. The molecule has 2 aromatic rings. The molecule has 1 saturated heterocycles. The van der Waals surface area contributed by atoms with Crippen molar-refractivity contribution in [1.29, 1.82) is 0 Å². The maximum absolute atomic E-state index is 13.2. The molecule has 3 rings (SSSR count). The first-order valence-corrected chi connectivity index (χ1v) is 12.7. The summed E-state index contributed by atoms with van der Waals surface area (Å²) in [7, 11) is -3.50. The molecule has 31 heavy (non-hydrogen) atoms. The molecular weight excluding hydrogens is 545 g/mol. The molecule has 1 aliphatic heterocycles. The lowest BCUT2D eigenvalue weighted by molar-refractivity contribution is 0.346. The van der Waals surface area contributed by atoms with Gasteiger partial charge in [-0.15, -0.1) is 35.3 Å². The molecule has 172 valence electrons. The molecule has 0 radical (unpaired) electrons. The molecule has 0 aliphatic carbocycles. The number of nitrogens with one attached hydrogen (secondary N) is 2. The number of benzene rings is 1. The van der Waals surface area contributed by atoms with Gasteiger partial charge in [-0.3, -0.25) is 0 Å². The molecule has 2 N–H and O–H groups in total. The Kier molecular flexibility index (Phi) is 10.2. The van der Waals surface area contributed by atoms with Crippen LogP contribution in [0, 0.1) is 13.8 Å². The van der Waals surface area contributed by atoms with Crippen molar-refractivity contribution < 1.29 is 8.42 Å². The first kappa shape index (κ1) is 26.0. The Morgan fingerprint density at radius 2 is 1.87 bits per heavy atom. The number of rotatable bonds is 7. The van der Waals surface area contributed by atoms with Crippen molar-refractivity contribution in [1.82, 2.24) is 19.9 Å². The van der Waals surface area contributed by atoms with Crippen LogP contribution >= 0.6 is 35.3 Å². The summed E-state index contributed by atoms with van der Waals surface area (Å²) >= 11 is 1.67. The fraction of sp³-hybridized carbons (Fsp3) is 0.524. The predicted molar refractivity (Wildman–Crippen MR) is 138 cm³/mol. The van der Waals surface area contributed by atoms with Crippen molar-refractivity contribution >= 4 is 51.3 Å². The number of aromatic nitrogens is 1. The zero-order valence-electron chi connectivity index (χ0n) is 18.3. The minimum atomic E-state index is -3.50. The zero-order chi connectivity index (χ0) is 21.6. The van der Waals surface area contributed by atoms with E-state index in [-0.39, 0.29) is 30.5 Å². The van der Waals surface area contributed by atoms with Gasteiger partial charge >= 0.3 is 0 Å². The van der Waals surface area contributed by atoms with E-state index in [1.54, 1.807) is 27.8 Å². The Bertz CT molecular complexity index is 966. The summed E-state index contributed by atoms with van der Waals surface area (Å²) < 4.78 is 27.9. The van der Waals surface area contributed by atoms with Gasteiger partial charge in [-0.05, 0) is 45.2 Å². The van der Waals surface area contributed by atoms with Gasteiger partial charge in [0.2, 0.25) is 10.0 Å². The minimum absolute atomic E-state index is 0. The molecule has 1 fully saturated rings. The first-order chi connectivity index (χ1) is 14.4. The van der Waals surface area contributed by atoms with Crippen LogP contribution in [0.15, 0.2) is 34.2 Å². The summed E-state index contributed by atoms with van der Waals surface area (Å²) in [6, 6.07) is 7.18. The second kappa shape index (κ2) is 12.1. The van der Waals surface area contributed by atoms with E-state index in [1.165, 1.54) is 4.88 Å². The van der Waals surface area contributed by atoms with Crippen LogP contribution < -0.4 is 10.6 Å². The predicted octanol–water partition coefficient (Wildman–Crippen LogP) is 3.81. The lowest BCUT2D eigenvalue weighted by Gasteiger charge is -2.26. The Labute approximate surface area is 206 Å². The summed E-state index contributed by atoms with van der Waals surface area (Å²) in [6.45, 7) is 8.85. The zero-order valence-corrected chi connectivity index (χ0v) is 22.3. The van der Waals surface area contributed by atoms with Gasteiger partial charge in [0.15, 0.2) is 5.96 Å². The number of aliphatic imine (C=N–C) groups is 1. The standard InChI is InChI=1S/C21H31N5O2S2.HI/c1-4-22-21(24-15-20-25-16(2)17(3)29-20)23-14-18-10-6-7-11-19(18)30(27,28)26-12-8-5-9-13-26;/h6-7,10-11H,4-5,8-9,12-15H2,1-3H3,(H2,22,23,24);1H. The maximum atomic E-state index is 13.2. The third kappa shape index (κ3) is 6.87. The first-order valence-electron chi connectivity index (χ1n) is 10.4. The fourth-order valence-electron chi connectivity index (χ4n) is 3.41. The number of thiazole rings is 1. The van der Waals surface area contributed by atoms with Gasteiger partial charge in [0.1, 0.15) is 5.01 Å². The molecule has 7 nitrogen and oxygen atoms in total. The van der Waals surface area contributed by atoms with Crippen LogP contribution in [0.1, 0.15) is 47.3 Å². The quantitative estimate of drug-likeness (QED) is 0.297. The molecule has 1 aromatic heterocycles. The average molecular weight is 578 g/mol. The number of aryl methyl sites for hydroxylation is 2. The number of guanidine groups is 1. The van der Waals surface area contributed by atoms with Gasteiger partial charge in [-0.1, -0.05) is 24.6 Å². The smallest absolute Gasteiger partial charge is 0.243 e. The van der Waals surface area contributed by atoms with Gasteiger partial charge in [0, 0.05) is 24.5 Å². The molecule has 0 bridgehead atoms. The highest BCUT2D eigenvalue weighted by Crippen LogP contribution is 2.24. The number of sulfonamides is 1. The van der Waals surface area contributed by atoms with E-state index < -0.39 is 10.0 Å². The van der Waals surface area contributed by atoms with Crippen LogP contribution in [0.2, 0.25) is 0 Å². The van der Waals surface area contributed by atoms with E-state index in [4.69, 9.17) is 0 Å². The van der Waals surface area contributed by atoms with Gasteiger partial charge in [0.05, 0.1) is 23.7 Å². The third-order valence-corrected chi connectivity index (χ3v) is 8.21. The van der Waals surface area contributed by atoms with Gasteiger partial charge in [0.25, 0.3) is 0 Å². The highest BCUT2D eigenvalue weighted by atomic mass is 127. The van der Waals surface area contributed by atoms with E-state index in [9.17, 15) is 8.42 Å². The maximum Gasteiger partial charge on any atom is 0.243 e. The van der Waals surface area contributed by atoms with Crippen LogP contribution in [0.5, 0.6) is 0 Å². The second-order valence-corrected chi connectivity index (χ2v) is 10.6. The van der Waals surface area contributed by atoms with Crippen molar-refractivity contribution in [2.24, 2.45) is 4.99 Å². The number of hydrogen-bond donors (Lipinski definition) is 2. The molecule has 0 unspecified atom stereocenters. The summed E-state index contributed by atoms with van der Waals surface area (Å²) in [4.78, 5) is 10.8. The average Bonchev–Trinajstić information content (AvgIpc) is 3.08. The number of nitrogens with zero attached hydrogens (tertiary/aromatic N) is 3.